The summed E-state index contributed by atoms with van der Waals surface area (Å²) in [4.78, 5) is 10.2. The van der Waals surface area contributed by atoms with E-state index in [1.807, 2.05) is 0 Å². The molecule has 1 unspecified atom stereocenters. The molecule has 0 radical (unpaired) electrons. The van der Waals surface area contributed by atoms with Gasteiger partial charge in [-0.1, -0.05) is 0 Å². The van der Waals surface area contributed by atoms with Gasteiger partial charge in [0.1, 0.15) is 5.75 Å². The number of carbonyl (C=O) groups is 1. The summed E-state index contributed by atoms with van der Waals surface area (Å²) >= 11 is 0. The minimum absolute atomic E-state index is 0.430. The third-order valence-corrected chi connectivity index (χ3v) is 3.53. The zero-order valence-corrected chi connectivity index (χ0v) is 7.94. The van der Waals surface area contributed by atoms with Crippen molar-refractivity contribution in [2.24, 2.45) is 0 Å². The molecule has 0 aliphatic rings. The molecule has 1 N–H and O–H groups in total. The summed E-state index contributed by atoms with van der Waals surface area (Å²) in [5.74, 6) is -6.46. The Kier molecular flexibility index (Phi) is 3.37. The van der Waals surface area contributed by atoms with Crippen LogP contribution in [0.1, 0.15) is 13.8 Å². The van der Waals surface area contributed by atoms with Crippen molar-refractivity contribution in [2.75, 3.05) is 5.75 Å². The minimum atomic E-state index is -4.27. The van der Waals surface area contributed by atoms with Crippen LogP contribution in [0.3, 0.4) is 0 Å². The van der Waals surface area contributed by atoms with Crippen LogP contribution in [0, 0.1) is 0 Å². The molecule has 0 heterocycles. The zero-order chi connectivity index (χ0) is 10.9. The molecule has 1 atom stereocenters. The Morgan fingerprint density at radius 2 is 1.92 bits per heavy atom. The minimum Gasteiger partial charge on any atom is -0.480 e. The molecule has 78 valence electrons. The van der Waals surface area contributed by atoms with Crippen molar-refractivity contribution in [3.05, 3.63) is 0 Å². The van der Waals surface area contributed by atoms with E-state index in [0.717, 1.165) is 6.92 Å². The van der Waals surface area contributed by atoms with E-state index >= 15 is 0 Å². The maximum atomic E-state index is 12.3. The van der Waals surface area contributed by atoms with Gasteiger partial charge in [-0.3, -0.25) is 4.79 Å². The fraction of sp³-hybridized carbons (Fsp3) is 0.833. The van der Waals surface area contributed by atoms with Crippen molar-refractivity contribution in [3.63, 3.8) is 0 Å². The first-order valence-electron chi connectivity index (χ1n) is 3.38. The smallest absolute Gasteiger partial charge is 0.321 e. The molecule has 7 heteroatoms. The van der Waals surface area contributed by atoms with Crippen LogP contribution in [0.5, 0.6) is 0 Å². The van der Waals surface area contributed by atoms with Gasteiger partial charge in [-0.25, -0.2) is 17.2 Å². The van der Waals surface area contributed by atoms with Crippen molar-refractivity contribution in [1.29, 1.82) is 0 Å². The Morgan fingerprint density at radius 1 is 1.54 bits per heavy atom. The van der Waals surface area contributed by atoms with E-state index in [2.05, 4.69) is 0 Å². The van der Waals surface area contributed by atoms with Crippen LogP contribution in [0.2, 0.25) is 0 Å². The van der Waals surface area contributed by atoms with E-state index in [4.69, 9.17) is 5.11 Å². The lowest BCUT2D eigenvalue weighted by molar-refractivity contribution is -0.136. The molecule has 0 aliphatic carbocycles. The maximum Gasteiger partial charge on any atom is 0.321 e. The van der Waals surface area contributed by atoms with Gasteiger partial charge < -0.3 is 5.11 Å². The lowest BCUT2D eigenvalue weighted by atomic mass is 10.5. The second-order valence-electron chi connectivity index (χ2n) is 2.86. The highest BCUT2D eigenvalue weighted by molar-refractivity contribution is 7.92. The SMILES string of the molecule is CC(C(=O)O)S(=O)(=O)CC(C)(F)F. The van der Waals surface area contributed by atoms with Crippen molar-refractivity contribution >= 4 is 15.8 Å². The summed E-state index contributed by atoms with van der Waals surface area (Å²) in [7, 11) is -4.27. The maximum absolute atomic E-state index is 12.3. The molecule has 0 saturated carbocycles. The van der Waals surface area contributed by atoms with Gasteiger partial charge in [-0.15, -0.1) is 0 Å². The Labute approximate surface area is 74.5 Å². The Balaban J connectivity index is 4.71. The van der Waals surface area contributed by atoms with Crippen LogP contribution in [0.15, 0.2) is 0 Å². The molecule has 0 saturated heterocycles. The number of carboxylic acid groups (broad SMARTS) is 1. The van der Waals surface area contributed by atoms with Crippen molar-refractivity contribution in [1.82, 2.24) is 0 Å². The number of aliphatic carboxylic acids is 1. The highest BCUT2D eigenvalue weighted by Gasteiger charge is 2.36. The van der Waals surface area contributed by atoms with Crippen molar-refractivity contribution in [2.45, 2.75) is 25.0 Å². The van der Waals surface area contributed by atoms with E-state index < -0.39 is 32.7 Å². The van der Waals surface area contributed by atoms with Crippen LogP contribution in [0.4, 0.5) is 8.78 Å². The summed E-state index contributed by atoms with van der Waals surface area (Å²) < 4.78 is 46.4. The van der Waals surface area contributed by atoms with Gasteiger partial charge in [0.2, 0.25) is 0 Å². The Bertz CT molecular complexity index is 290. The number of rotatable bonds is 4. The van der Waals surface area contributed by atoms with E-state index in [1.165, 1.54) is 0 Å². The molecule has 13 heavy (non-hydrogen) atoms. The average Bonchev–Trinajstić information content (AvgIpc) is 1.80. The van der Waals surface area contributed by atoms with E-state index in [0.29, 0.717) is 6.92 Å². The van der Waals surface area contributed by atoms with Gasteiger partial charge in [0.15, 0.2) is 15.1 Å². The molecule has 0 aromatic heterocycles. The van der Waals surface area contributed by atoms with Gasteiger partial charge in [0, 0.05) is 6.92 Å². The molecule has 0 aromatic rings. The topological polar surface area (TPSA) is 71.4 Å². The summed E-state index contributed by atoms with van der Waals surface area (Å²) in [6.07, 6.45) is 0. The molecule has 0 spiro atoms. The summed E-state index contributed by atoms with van der Waals surface area (Å²) in [6, 6.07) is 0. The molecule has 0 fully saturated rings. The Hall–Kier alpha value is -0.720. The van der Waals surface area contributed by atoms with Gasteiger partial charge in [-0.2, -0.15) is 0 Å². The predicted octanol–water partition coefficient (Wildman–Crippen LogP) is 0.529. The van der Waals surface area contributed by atoms with Gasteiger partial charge in [0.25, 0.3) is 5.92 Å². The predicted molar refractivity (Wildman–Crippen MR) is 41.5 cm³/mol. The van der Waals surface area contributed by atoms with Crippen LogP contribution in [-0.2, 0) is 14.6 Å². The van der Waals surface area contributed by atoms with Crippen molar-refractivity contribution in [3.8, 4) is 0 Å². The quantitative estimate of drug-likeness (QED) is 0.744. The van der Waals surface area contributed by atoms with Gasteiger partial charge in [-0.05, 0) is 6.92 Å². The molecule has 4 nitrogen and oxygen atoms in total. The lowest BCUT2D eigenvalue weighted by Crippen LogP contribution is -2.35. The summed E-state index contributed by atoms with van der Waals surface area (Å²) in [5, 5.41) is 6.50. The first-order chi connectivity index (χ1) is 5.56. The molecule has 0 rings (SSSR count). The molecular formula is C6H10F2O4S. The van der Waals surface area contributed by atoms with E-state index in [-0.39, 0.29) is 0 Å². The summed E-state index contributed by atoms with van der Waals surface area (Å²) in [6.45, 7) is 1.29. The first-order valence-corrected chi connectivity index (χ1v) is 5.10. The number of hydrogen-bond donors (Lipinski definition) is 1. The lowest BCUT2D eigenvalue weighted by Gasteiger charge is -2.12. The largest absolute Gasteiger partial charge is 0.480 e. The van der Waals surface area contributed by atoms with Gasteiger partial charge >= 0.3 is 5.97 Å². The fourth-order valence-corrected chi connectivity index (χ4v) is 1.90. The van der Waals surface area contributed by atoms with Crippen LogP contribution in [0.25, 0.3) is 0 Å². The van der Waals surface area contributed by atoms with E-state index in [9.17, 15) is 22.0 Å². The first kappa shape index (κ1) is 12.3. The third kappa shape index (κ3) is 4.16. The highest BCUT2D eigenvalue weighted by Crippen LogP contribution is 2.17. The zero-order valence-electron chi connectivity index (χ0n) is 7.12. The number of halogens is 2. The number of sulfone groups is 1. The highest BCUT2D eigenvalue weighted by atomic mass is 32.2. The molecule has 0 aliphatic heterocycles. The second kappa shape index (κ2) is 3.57. The monoisotopic (exact) mass is 216 g/mol. The van der Waals surface area contributed by atoms with Crippen LogP contribution in [-0.4, -0.2) is 36.4 Å². The molecule has 0 amide bonds. The normalized spacial score (nSPS) is 15.4. The van der Waals surface area contributed by atoms with Crippen molar-refractivity contribution < 1.29 is 27.1 Å². The number of carboxylic acids is 1. The number of alkyl halides is 2. The van der Waals surface area contributed by atoms with Crippen LogP contribution < -0.4 is 0 Å². The Morgan fingerprint density at radius 3 is 2.15 bits per heavy atom. The van der Waals surface area contributed by atoms with E-state index in [1.54, 1.807) is 0 Å². The standard InChI is InChI=1S/C6H10F2O4S/c1-4(5(9)10)13(11,12)3-6(2,7)8/h4H,3H2,1-2H3,(H,9,10). The second-order valence-corrected chi connectivity index (χ2v) is 5.18. The average molecular weight is 216 g/mol. The fourth-order valence-electron chi connectivity index (χ4n) is 0.632. The van der Waals surface area contributed by atoms with Gasteiger partial charge in [0.05, 0.1) is 0 Å². The van der Waals surface area contributed by atoms with Crippen LogP contribution >= 0.6 is 0 Å². The molecule has 0 aromatic carbocycles. The molecule has 0 bridgehead atoms. The summed E-state index contributed by atoms with van der Waals surface area (Å²) in [5.41, 5.74) is 0. The molecular weight excluding hydrogens is 206 g/mol. The third-order valence-electron chi connectivity index (χ3n) is 1.34. The number of hydrogen-bond acceptors (Lipinski definition) is 3.